The van der Waals surface area contributed by atoms with Crippen LogP contribution in [0.25, 0.3) is 10.9 Å². The Bertz CT molecular complexity index is 1390. The summed E-state index contributed by atoms with van der Waals surface area (Å²) in [6.07, 6.45) is 1.25. The molecule has 2 unspecified atom stereocenters. The summed E-state index contributed by atoms with van der Waals surface area (Å²) in [5, 5.41) is 16.7. The van der Waals surface area contributed by atoms with E-state index >= 15 is 4.39 Å². The molecule has 2 aromatic carbocycles. The molecule has 8 nitrogen and oxygen atoms in total. The third-order valence-electron chi connectivity index (χ3n) is 7.37. The number of hydrogen-bond donors (Lipinski definition) is 2. The van der Waals surface area contributed by atoms with Crippen molar-refractivity contribution in [1.29, 1.82) is 0 Å². The number of halogens is 2. The third-order valence-corrected chi connectivity index (χ3v) is 7.37. The fourth-order valence-electron chi connectivity index (χ4n) is 5.43. The van der Waals surface area contributed by atoms with Crippen molar-refractivity contribution in [2.75, 3.05) is 0 Å². The summed E-state index contributed by atoms with van der Waals surface area (Å²) < 4.78 is 30.7. The Hall–Kier alpha value is -3.82. The van der Waals surface area contributed by atoms with Crippen LogP contribution in [-0.2, 0) is 21.8 Å². The van der Waals surface area contributed by atoms with Gasteiger partial charge in [0, 0.05) is 23.4 Å². The summed E-state index contributed by atoms with van der Waals surface area (Å²) in [5.41, 5.74) is -1.67. The van der Waals surface area contributed by atoms with Gasteiger partial charge < -0.3 is 15.3 Å². The predicted octanol–water partition coefficient (Wildman–Crippen LogP) is 2.62. The van der Waals surface area contributed by atoms with Crippen LogP contribution in [0, 0.1) is 11.7 Å². The molecule has 0 radical (unpaired) electrons. The number of carbonyl (C=O) groups excluding carboxylic acids is 2. The Morgan fingerprint density at radius 3 is 2.63 bits per heavy atom. The molecule has 0 spiro atoms. The van der Waals surface area contributed by atoms with E-state index in [9.17, 15) is 23.9 Å². The molecule has 2 amide bonds. The van der Waals surface area contributed by atoms with Crippen molar-refractivity contribution >= 4 is 28.7 Å². The van der Waals surface area contributed by atoms with Crippen molar-refractivity contribution in [3.8, 4) is 0 Å². The number of nitrogens with zero attached hydrogens (tertiary/aromatic N) is 3. The second kappa shape index (κ2) is 7.59. The number of benzene rings is 2. The molecule has 1 aromatic heterocycles. The first-order valence-corrected chi connectivity index (χ1v) is 11.5. The van der Waals surface area contributed by atoms with Crippen molar-refractivity contribution in [1.82, 2.24) is 20.0 Å². The monoisotopic (exact) mass is 480 g/mol. The van der Waals surface area contributed by atoms with Gasteiger partial charge in [0.15, 0.2) is 11.4 Å². The fraction of sp³-hybridized carbons (Fsp3) is 0.360. The highest BCUT2D eigenvalue weighted by Crippen LogP contribution is 2.52. The minimum Gasteiger partial charge on any atom is -0.476 e. The number of carbonyl (C=O) groups is 3. The molecule has 1 aliphatic heterocycles. The van der Waals surface area contributed by atoms with Gasteiger partial charge in [0.25, 0.3) is 0 Å². The van der Waals surface area contributed by atoms with Crippen molar-refractivity contribution < 1.29 is 28.3 Å². The number of carboxylic acid groups (broad SMARTS) is 1. The van der Waals surface area contributed by atoms with Crippen LogP contribution in [0.2, 0.25) is 0 Å². The zero-order valence-corrected chi connectivity index (χ0v) is 18.5. The molecule has 3 aromatic rings. The van der Waals surface area contributed by atoms with E-state index < -0.39 is 35.4 Å². The molecular weight excluding hydrogens is 458 g/mol. The first-order valence-electron chi connectivity index (χ1n) is 11.5. The molecule has 180 valence electrons. The molecule has 35 heavy (non-hydrogen) atoms. The van der Waals surface area contributed by atoms with Crippen molar-refractivity contribution in [3.63, 3.8) is 0 Å². The Balaban J connectivity index is 1.19. The topological polar surface area (TPSA) is 105 Å². The van der Waals surface area contributed by atoms with Crippen LogP contribution in [-0.4, -0.2) is 55.7 Å². The summed E-state index contributed by atoms with van der Waals surface area (Å²) >= 11 is 0. The highest BCUT2D eigenvalue weighted by Gasteiger charge is 2.61. The molecule has 2 N–H and O–H groups in total. The molecule has 3 aliphatic rings. The number of amides is 2. The number of carboxylic acids is 1. The van der Waals surface area contributed by atoms with Gasteiger partial charge in [-0.2, -0.15) is 5.10 Å². The predicted molar refractivity (Wildman–Crippen MR) is 120 cm³/mol. The van der Waals surface area contributed by atoms with E-state index in [0.29, 0.717) is 17.3 Å². The number of rotatable bonds is 6. The molecule has 2 heterocycles. The maximum Gasteiger partial charge on any atom is 0.357 e. The smallest absolute Gasteiger partial charge is 0.357 e. The number of likely N-dealkylation sites (tertiary alicyclic amines) is 1. The van der Waals surface area contributed by atoms with Gasteiger partial charge in [0.1, 0.15) is 18.4 Å². The van der Waals surface area contributed by atoms with E-state index in [2.05, 4.69) is 10.4 Å². The zero-order chi connectivity index (χ0) is 24.5. The van der Waals surface area contributed by atoms with E-state index in [-0.39, 0.29) is 42.1 Å². The number of nitrogens with one attached hydrogen (secondary N) is 1. The van der Waals surface area contributed by atoms with Gasteiger partial charge >= 0.3 is 5.97 Å². The summed E-state index contributed by atoms with van der Waals surface area (Å²) in [5.74, 6) is -2.45. The number of aromatic nitrogens is 2. The van der Waals surface area contributed by atoms with Crippen LogP contribution in [0.3, 0.4) is 0 Å². The molecule has 6 rings (SSSR count). The van der Waals surface area contributed by atoms with Gasteiger partial charge in [0.05, 0.1) is 11.6 Å². The molecule has 2 saturated carbocycles. The van der Waals surface area contributed by atoms with E-state index in [0.717, 1.165) is 6.42 Å². The lowest BCUT2D eigenvalue weighted by molar-refractivity contribution is -0.140. The summed E-state index contributed by atoms with van der Waals surface area (Å²) in [7, 11) is 0. The molecule has 2 aliphatic carbocycles. The van der Waals surface area contributed by atoms with Gasteiger partial charge in [-0.25, -0.2) is 13.6 Å². The second-order valence-corrected chi connectivity index (χ2v) is 9.55. The Labute approximate surface area is 198 Å². The van der Waals surface area contributed by atoms with Crippen molar-refractivity contribution in [2.45, 2.75) is 49.6 Å². The Kier molecular flexibility index (Phi) is 4.71. The highest BCUT2D eigenvalue weighted by molar-refractivity contribution is 6.01. The molecular formula is C25H22F2N4O4. The van der Waals surface area contributed by atoms with E-state index in [1.54, 1.807) is 30.3 Å². The molecule has 10 heteroatoms. The molecule has 3 fully saturated rings. The minimum absolute atomic E-state index is 0.0234. The lowest BCUT2D eigenvalue weighted by Gasteiger charge is -2.27. The van der Waals surface area contributed by atoms with Crippen LogP contribution >= 0.6 is 0 Å². The summed E-state index contributed by atoms with van der Waals surface area (Å²) in [6.45, 7) is -0.216. The van der Waals surface area contributed by atoms with Gasteiger partial charge in [-0.1, -0.05) is 36.4 Å². The van der Waals surface area contributed by atoms with E-state index in [1.807, 2.05) is 0 Å². The average Bonchev–Trinajstić information content (AvgIpc) is 3.64. The van der Waals surface area contributed by atoms with E-state index in [1.165, 1.54) is 27.8 Å². The highest BCUT2D eigenvalue weighted by atomic mass is 19.2. The SMILES string of the molecule is O=C(O)c1nn(CC(=O)N2[C@@H]3C[C@@H]3C[C@H]2C(=O)NC2CC2(F)c2ccccc2F)c2ccccc12. The van der Waals surface area contributed by atoms with Gasteiger partial charge in [-0.3, -0.25) is 14.3 Å². The largest absolute Gasteiger partial charge is 0.476 e. The van der Waals surface area contributed by atoms with Gasteiger partial charge in [-0.15, -0.1) is 0 Å². The van der Waals surface area contributed by atoms with Crippen LogP contribution in [0.4, 0.5) is 8.78 Å². The number of alkyl halides is 1. The Morgan fingerprint density at radius 2 is 1.86 bits per heavy atom. The number of hydrogen-bond acceptors (Lipinski definition) is 4. The average molecular weight is 480 g/mol. The third kappa shape index (κ3) is 3.46. The maximum absolute atomic E-state index is 15.3. The lowest BCUT2D eigenvalue weighted by Crippen LogP contribution is -2.50. The van der Waals surface area contributed by atoms with Crippen LogP contribution in [0.1, 0.15) is 35.3 Å². The van der Waals surface area contributed by atoms with Crippen LogP contribution in [0.5, 0.6) is 0 Å². The quantitative estimate of drug-likeness (QED) is 0.565. The summed E-state index contributed by atoms with van der Waals surface area (Å²) in [4.78, 5) is 39.5. The summed E-state index contributed by atoms with van der Waals surface area (Å²) in [6, 6.07) is 10.7. The van der Waals surface area contributed by atoms with Gasteiger partial charge in [-0.05, 0) is 30.9 Å². The van der Waals surface area contributed by atoms with Crippen LogP contribution in [0.15, 0.2) is 48.5 Å². The maximum atomic E-state index is 15.3. The lowest BCUT2D eigenvalue weighted by atomic mass is 10.1. The number of fused-ring (bicyclic) bond motifs is 2. The zero-order valence-electron chi connectivity index (χ0n) is 18.5. The molecule has 0 bridgehead atoms. The minimum atomic E-state index is -1.96. The first kappa shape index (κ1) is 21.7. The van der Waals surface area contributed by atoms with Crippen molar-refractivity contribution in [3.05, 3.63) is 65.6 Å². The number of para-hydroxylation sites is 1. The van der Waals surface area contributed by atoms with E-state index in [4.69, 9.17) is 0 Å². The van der Waals surface area contributed by atoms with Gasteiger partial charge in [0.2, 0.25) is 11.8 Å². The first-order chi connectivity index (χ1) is 16.8. The van der Waals surface area contributed by atoms with Crippen LogP contribution < -0.4 is 5.32 Å². The Morgan fingerprint density at radius 1 is 1.11 bits per heavy atom. The normalized spacial score (nSPS) is 28.6. The standard InChI is InChI=1S/C25H22F2N4O4/c26-16-7-3-2-6-15(16)25(27)11-20(25)28-23(33)19-10-13-9-18(13)31(19)21(32)12-30-17-8-4-1-5-14(17)22(29-30)24(34)35/h1-8,13,18-20H,9-12H2,(H,28,33)(H,34,35)/t13-,18-,19+,20?,25?/m1/s1. The molecule has 5 atom stereocenters. The number of piperidine rings is 1. The second-order valence-electron chi connectivity index (χ2n) is 9.55. The fourth-order valence-corrected chi connectivity index (χ4v) is 5.43. The van der Waals surface area contributed by atoms with Crippen molar-refractivity contribution in [2.24, 2.45) is 5.92 Å². The number of aromatic carboxylic acids is 1. The molecule has 1 saturated heterocycles.